The number of unbranched alkanes of at least 4 members (excludes halogenated alkanes) is 3. The summed E-state index contributed by atoms with van der Waals surface area (Å²) in [6.45, 7) is 12.1. The summed E-state index contributed by atoms with van der Waals surface area (Å²) in [6, 6.07) is 10.0. The fraction of sp³-hybridized carbons (Fsp3) is 0.423. The first-order valence-electron chi connectivity index (χ1n) is 11.3. The number of hydrogen-bond donors (Lipinski definition) is 1. The van der Waals surface area contributed by atoms with Crippen molar-refractivity contribution >= 4 is 28.8 Å². The van der Waals surface area contributed by atoms with E-state index in [-0.39, 0.29) is 17.1 Å². The highest BCUT2D eigenvalue weighted by Gasteiger charge is 2.22. The molecule has 0 saturated heterocycles. The molecule has 0 radical (unpaired) electrons. The van der Waals surface area contributed by atoms with Crippen molar-refractivity contribution in [1.82, 2.24) is 15.0 Å². The molecule has 6 nitrogen and oxygen atoms in total. The van der Waals surface area contributed by atoms with E-state index in [1.165, 1.54) is 10.9 Å². The van der Waals surface area contributed by atoms with Crippen molar-refractivity contribution < 1.29 is 14.6 Å². The predicted molar refractivity (Wildman–Crippen MR) is 134 cm³/mol. The molecule has 3 rings (SSSR count). The van der Waals surface area contributed by atoms with E-state index in [2.05, 4.69) is 49.7 Å². The van der Waals surface area contributed by atoms with E-state index < -0.39 is 0 Å². The van der Waals surface area contributed by atoms with Gasteiger partial charge in [0.25, 0.3) is 0 Å². The van der Waals surface area contributed by atoms with Crippen molar-refractivity contribution in [3.05, 3.63) is 54.1 Å². The Labute approximate surface area is 200 Å². The van der Waals surface area contributed by atoms with Crippen LogP contribution in [0.1, 0.15) is 57.6 Å². The average Bonchev–Trinajstić information content (AvgIpc) is 3.19. The SMILES string of the molecule is C=CC(=O)OCCCCCCSc1ccc2nn(-c3cc(C)cc(C(C)(C)C)c3O)nc2c1. The van der Waals surface area contributed by atoms with Gasteiger partial charge in [-0.25, -0.2) is 4.79 Å². The molecule has 0 aliphatic carbocycles. The molecule has 0 amide bonds. The molecule has 0 aliphatic rings. The number of rotatable bonds is 10. The molecule has 1 N–H and O–H groups in total. The van der Waals surface area contributed by atoms with Crippen molar-refractivity contribution in [1.29, 1.82) is 0 Å². The van der Waals surface area contributed by atoms with E-state index in [1.807, 2.05) is 25.1 Å². The molecule has 0 atom stereocenters. The van der Waals surface area contributed by atoms with Crippen LogP contribution in [0, 0.1) is 6.92 Å². The van der Waals surface area contributed by atoms with Gasteiger partial charge in [-0.3, -0.25) is 0 Å². The highest BCUT2D eigenvalue weighted by Crippen LogP contribution is 2.36. The van der Waals surface area contributed by atoms with Crippen LogP contribution in [0.2, 0.25) is 0 Å². The minimum atomic E-state index is -0.356. The molecule has 1 heterocycles. The Morgan fingerprint density at radius 1 is 1.12 bits per heavy atom. The Kier molecular flexibility index (Phi) is 8.19. The van der Waals surface area contributed by atoms with Crippen LogP contribution < -0.4 is 0 Å². The summed E-state index contributed by atoms with van der Waals surface area (Å²) in [6.07, 6.45) is 5.30. The average molecular weight is 468 g/mol. The van der Waals surface area contributed by atoms with Gasteiger partial charge in [-0.1, -0.05) is 46.3 Å². The Balaban J connectivity index is 1.61. The normalized spacial score (nSPS) is 11.6. The lowest BCUT2D eigenvalue weighted by atomic mass is 9.85. The van der Waals surface area contributed by atoms with E-state index in [1.54, 1.807) is 11.8 Å². The third-order valence-corrected chi connectivity index (χ3v) is 6.41. The number of ether oxygens (including phenoxy) is 1. The monoisotopic (exact) mass is 467 g/mol. The van der Waals surface area contributed by atoms with Gasteiger partial charge in [0.1, 0.15) is 22.5 Å². The number of carbonyl (C=O) groups excluding carboxylic acids is 1. The van der Waals surface area contributed by atoms with Crippen LogP contribution in [0.3, 0.4) is 0 Å². The summed E-state index contributed by atoms with van der Waals surface area (Å²) >= 11 is 1.80. The number of carbonyl (C=O) groups is 1. The van der Waals surface area contributed by atoms with Crippen LogP contribution in [-0.4, -0.2) is 38.4 Å². The topological polar surface area (TPSA) is 77.2 Å². The first kappa shape index (κ1) is 24.8. The highest BCUT2D eigenvalue weighted by molar-refractivity contribution is 7.99. The van der Waals surface area contributed by atoms with Gasteiger partial charge in [0.05, 0.1) is 6.61 Å². The largest absolute Gasteiger partial charge is 0.505 e. The lowest BCUT2D eigenvalue weighted by Gasteiger charge is -2.22. The molecular weight excluding hydrogens is 434 g/mol. The molecule has 3 aromatic rings. The molecule has 0 unspecified atom stereocenters. The number of aryl methyl sites for hydroxylation is 1. The van der Waals surface area contributed by atoms with Crippen LogP contribution in [0.4, 0.5) is 0 Å². The number of hydrogen-bond acceptors (Lipinski definition) is 6. The number of phenols is 1. The summed E-state index contributed by atoms with van der Waals surface area (Å²) < 4.78 is 4.99. The van der Waals surface area contributed by atoms with Crippen LogP contribution in [0.15, 0.2) is 47.9 Å². The summed E-state index contributed by atoms with van der Waals surface area (Å²) in [5.74, 6) is 0.882. The van der Waals surface area contributed by atoms with Crippen molar-refractivity contribution in [2.24, 2.45) is 0 Å². The second-order valence-corrected chi connectivity index (χ2v) is 10.4. The first-order chi connectivity index (χ1) is 15.7. The summed E-state index contributed by atoms with van der Waals surface area (Å²) in [7, 11) is 0. The number of esters is 1. The standard InChI is InChI=1S/C26H33N3O3S/c1-6-24(30)32-13-9-7-8-10-14-33-19-11-12-21-22(17-19)28-29(27-21)23-16-18(2)15-20(25(23)31)26(3,4)5/h6,11-12,15-17,31H,1,7-10,13-14H2,2-5H3. The predicted octanol–water partition coefficient (Wildman–Crippen LogP) is 6.11. The van der Waals surface area contributed by atoms with Gasteiger partial charge in [-0.2, -0.15) is 0 Å². The van der Waals surface area contributed by atoms with Crippen molar-refractivity contribution in [3.63, 3.8) is 0 Å². The van der Waals surface area contributed by atoms with Gasteiger partial charge in [-0.05, 0) is 60.8 Å². The molecule has 0 aliphatic heterocycles. The summed E-state index contributed by atoms with van der Waals surface area (Å²) in [5.41, 5.74) is 3.97. The molecule has 0 saturated carbocycles. The van der Waals surface area contributed by atoms with Gasteiger partial charge in [-0.15, -0.1) is 26.8 Å². The number of phenolic OH excluding ortho intramolecular Hbond substituents is 1. The third-order valence-electron chi connectivity index (χ3n) is 5.33. The number of aromatic nitrogens is 3. The quantitative estimate of drug-likeness (QED) is 0.168. The molecule has 0 fully saturated rings. The maximum Gasteiger partial charge on any atom is 0.330 e. The number of fused-ring (bicyclic) bond motifs is 1. The molecule has 0 bridgehead atoms. The van der Waals surface area contributed by atoms with Crippen molar-refractivity contribution in [3.8, 4) is 11.4 Å². The lowest BCUT2D eigenvalue weighted by molar-refractivity contribution is -0.137. The summed E-state index contributed by atoms with van der Waals surface area (Å²) in [5, 5.41) is 20.2. The Morgan fingerprint density at radius 3 is 2.58 bits per heavy atom. The smallest absolute Gasteiger partial charge is 0.330 e. The fourth-order valence-corrected chi connectivity index (χ4v) is 4.50. The molecule has 1 aromatic heterocycles. The minimum absolute atomic E-state index is 0.183. The number of aromatic hydroxyl groups is 1. The molecule has 0 spiro atoms. The highest BCUT2D eigenvalue weighted by atomic mass is 32.2. The maximum absolute atomic E-state index is 11.0. The van der Waals surface area contributed by atoms with Gasteiger partial charge in [0.2, 0.25) is 0 Å². The lowest BCUT2D eigenvalue weighted by Crippen LogP contribution is -2.13. The molecular formula is C26H33N3O3S. The maximum atomic E-state index is 11.0. The van der Waals surface area contributed by atoms with Crippen molar-refractivity contribution in [2.45, 2.75) is 63.7 Å². The molecule has 176 valence electrons. The number of benzene rings is 2. The van der Waals surface area contributed by atoms with Crippen LogP contribution >= 0.6 is 11.8 Å². The van der Waals surface area contributed by atoms with Gasteiger partial charge in [0.15, 0.2) is 0 Å². The zero-order chi connectivity index (χ0) is 24.0. The van der Waals surface area contributed by atoms with E-state index in [4.69, 9.17) is 4.74 Å². The molecule has 33 heavy (non-hydrogen) atoms. The van der Waals surface area contributed by atoms with E-state index in [0.29, 0.717) is 12.3 Å². The van der Waals surface area contributed by atoms with Crippen LogP contribution in [0.5, 0.6) is 5.75 Å². The van der Waals surface area contributed by atoms with Gasteiger partial charge >= 0.3 is 5.97 Å². The number of thioether (sulfide) groups is 1. The Morgan fingerprint density at radius 2 is 1.85 bits per heavy atom. The van der Waals surface area contributed by atoms with E-state index >= 15 is 0 Å². The fourth-order valence-electron chi connectivity index (χ4n) is 3.56. The minimum Gasteiger partial charge on any atom is -0.505 e. The molecule has 7 heteroatoms. The zero-order valence-corrected chi connectivity index (χ0v) is 20.7. The van der Waals surface area contributed by atoms with E-state index in [9.17, 15) is 9.90 Å². The zero-order valence-electron chi connectivity index (χ0n) is 19.9. The van der Waals surface area contributed by atoms with Gasteiger partial charge in [0, 0.05) is 16.5 Å². The van der Waals surface area contributed by atoms with E-state index in [0.717, 1.165) is 58.5 Å². The Bertz CT molecular complexity index is 1130. The number of nitrogens with zero attached hydrogens (tertiary/aromatic N) is 3. The third kappa shape index (κ3) is 6.60. The second kappa shape index (κ2) is 10.9. The first-order valence-corrected chi connectivity index (χ1v) is 12.3. The van der Waals surface area contributed by atoms with Crippen LogP contribution in [0.25, 0.3) is 16.7 Å². The van der Waals surface area contributed by atoms with Crippen LogP contribution in [-0.2, 0) is 14.9 Å². The second-order valence-electron chi connectivity index (χ2n) is 9.20. The Hall–Kier alpha value is -2.80. The molecule has 2 aromatic carbocycles. The van der Waals surface area contributed by atoms with Gasteiger partial charge < -0.3 is 9.84 Å². The van der Waals surface area contributed by atoms with Crippen molar-refractivity contribution in [2.75, 3.05) is 12.4 Å². The summed E-state index contributed by atoms with van der Waals surface area (Å²) in [4.78, 5) is 13.7.